The standard InChI is InChI=1S/C20H17ClFN3O2S/c1-2-10-24-17(12-18(26)23-15-5-3-4-13(21)11-15)19(27)25(20(24)28)16-8-6-14(22)7-9-16/h2-9,11,17H,1,10,12H2,(H,23,26)/t17-/m1/s1. The van der Waals surface area contributed by atoms with Gasteiger partial charge in [0.2, 0.25) is 5.91 Å². The molecule has 1 atom stereocenters. The maximum atomic E-state index is 13.2. The summed E-state index contributed by atoms with van der Waals surface area (Å²) in [5, 5.41) is 3.47. The monoisotopic (exact) mass is 417 g/mol. The molecular weight excluding hydrogens is 401 g/mol. The molecule has 1 fully saturated rings. The minimum Gasteiger partial charge on any atom is -0.332 e. The molecule has 0 unspecified atom stereocenters. The van der Waals surface area contributed by atoms with E-state index in [0.717, 1.165) is 0 Å². The number of halogens is 2. The predicted octanol–water partition coefficient (Wildman–Crippen LogP) is 4.00. The number of carbonyl (C=O) groups excluding carboxylic acids is 2. The van der Waals surface area contributed by atoms with E-state index in [1.165, 1.54) is 29.2 Å². The summed E-state index contributed by atoms with van der Waals surface area (Å²) in [6.45, 7) is 3.99. The van der Waals surface area contributed by atoms with Gasteiger partial charge in [0.25, 0.3) is 5.91 Å². The molecule has 1 saturated heterocycles. The molecule has 1 heterocycles. The van der Waals surface area contributed by atoms with Crippen LogP contribution in [0.15, 0.2) is 61.2 Å². The molecule has 0 radical (unpaired) electrons. The quantitative estimate of drug-likeness (QED) is 0.570. The first-order chi connectivity index (χ1) is 13.4. The average molecular weight is 418 g/mol. The third kappa shape index (κ3) is 4.21. The third-order valence-corrected chi connectivity index (χ3v) is 4.87. The van der Waals surface area contributed by atoms with E-state index in [1.54, 1.807) is 35.2 Å². The Hall–Kier alpha value is -2.77. The second-order valence-electron chi connectivity index (χ2n) is 6.15. The number of amides is 2. The first-order valence-corrected chi connectivity index (χ1v) is 9.26. The highest BCUT2D eigenvalue weighted by molar-refractivity contribution is 7.80. The van der Waals surface area contributed by atoms with Gasteiger partial charge in [-0.1, -0.05) is 23.7 Å². The van der Waals surface area contributed by atoms with Gasteiger partial charge in [0.1, 0.15) is 11.9 Å². The zero-order valence-electron chi connectivity index (χ0n) is 14.8. The molecule has 28 heavy (non-hydrogen) atoms. The minimum absolute atomic E-state index is 0.100. The van der Waals surface area contributed by atoms with Crippen molar-refractivity contribution in [2.75, 3.05) is 16.8 Å². The van der Waals surface area contributed by atoms with Gasteiger partial charge in [0.05, 0.1) is 12.1 Å². The van der Waals surface area contributed by atoms with Gasteiger partial charge in [-0.3, -0.25) is 14.5 Å². The van der Waals surface area contributed by atoms with Gasteiger partial charge >= 0.3 is 0 Å². The van der Waals surface area contributed by atoms with Crippen LogP contribution < -0.4 is 10.2 Å². The van der Waals surface area contributed by atoms with Crippen LogP contribution in [-0.4, -0.2) is 34.4 Å². The van der Waals surface area contributed by atoms with Crippen LogP contribution in [0.25, 0.3) is 0 Å². The van der Waals surface area contributed by atoms with Gasteiger partial charge in [-0.25, -0.2) is 4.39 Å². The molecule has 0 aliphatic carbocycles. The van der Waals surface area contributed by atoms with Crippen LogP contribution in [-0.2, 0) is 9.59 Å². The van der Waals surface area contributed by atoms with Gasteiger partial charge < -0.3 is 10.2 Å². The van der Waals surface area contributed by atoms with Crippen LogP contribution in [0.2, 0.25) is 5.02 Å². The molecule has 0 aromatic heterocycles. The van der Waals surface area contributed by atoms with E-state index in [0.29, 0.717) is 22.9 Å². The van der Waals surface area contributed by atoms with Crippen LogP contribution >= 0.6 is 23.8 Å². The maximum Gasteiger partial charge on any atom is 0.256 e. The number of thiocarbonyl (C=S) groups is 1. The van der Waals surface area contributed by atoms with Crippen LogP contribution in [0.3, 0.4) is 0 Å². The van der Waals surface area contributed by atoms with Gasteiger partial charge in [-0.05, 0) is 54.7 Å². The molecule has 1 N–H and O–H groups in total. The van der Waals surface area contributed by atoms with Crippen LogP contribution in [0.4, 0.5) is 15.8 Å². The molecular formula is C20H17ClFN3O2S. The van der Waals surface area contributed by atoms with Crippen molar-refractivity contribution in [2.24, 2.45) is 0 Å². The Morgan fingerprint density at radius 1 is 1.29 bits per heavy atom. The van der Waals surface area contributed by atoms with E-state index >= 15 is 0 Å². The van der Waals surface area contributed by atoms with E-state index in [-0.39, 0.29) is 23.3 Å². The summed E-state index contributed by atoms with van der Waals surface area (Å²) in [6.07, 6.45) is 1.51. The first kappa shape index (κ1) is 20.0. The molecule has 2 amide bonds. The SMILES string of the molecule is C=CCN1C(=S)N(c2ccc(F)cc2)C(=O)[C@H]1CC(=O)Nc1cccc(Cl)c1. The van der Waals surface area contributed by atoms with Gasteiger partial charge in [-0.2, -0.15) is 0 Å². The lowest BCUT2D eigenvalue weighted by atomic mass is 10.1. The molecule has 8 heteroatoms. The Kier molecular flexibility index (Phi) is 6.06. The van der Waals surface area contributed by atoms with Crippen molar-refractivity contribution >= 4 is 52.1 Å². The topological polar surface area (TPSA) is 52.7 Å². The second kappa shape index (κ2) is 8.50. The van der Waals surface area contributed by atoms with Crippen LogP contribution in [0.5, 0.6) is 0 Å². The fraction of sp³-hybridized carbons (Fsp3) is 0.150. The Morgan fingerprint density at radius 2 is 2.00 bits per heavy atom. The van der Waals surface area contributed by atoms with Crippen molar-refractivity contribution in [2.45, 2.75) is 12.5 Å². The molecule has 0 saturated carbocycles. The van der Waals surface area contributed by atoms with E-state index < -0.39 is 11.9 Å². The Bertz CT molecular complexity index is 935. The summed E-state index contributed by atoms with van der Waals surface area (Å²) >= 11 is 11.4. The lowest BCUT2D eigenvalue weighted by Crippen LogP contribution is -2.37. The number of hydrogen-bond acceptors (Lipinski definition) is 3. The van der Waals surface area contributed by atoms with E-state index in [2.05, 4.69) is 11.9 Å². The number of nitrogens with zero attached hydrogens (tertiary/aromatic N) is 2. The molecule has 0 spiro atoms. The Balaban J connectivity index is 1.80. The maximum absolute atomic E-state index is 13.2. The van der Waals surface area contributed by atoms with Crippen molar-refractivity contribution < 1.29 is 14.0 Å². The Morgan fingerprint density at radius 3 is 2.64 bits per heavy atom. The molecule has 144 valence electrons. The number of nitrogens with one attached hydrogen (secondary N) is 1. The van der Waals surface area contributed by atoms with Crippen molar-refractivity contribution in [1.29, 1.82) is 0 Å². The van der Waals surface area contributed by atoms with Gasteiger partial charge in [0, 0.05) is 17.3 Å². The summed E-state index contributed by atoms with van der Waals surface area (Å²) < 4.78 is 13.2. The van der Waals surface area contributed by atoms with Crippen molar-refractivity contribution in [1.82, 2.24) is 4.90 Å². The van der Waals surface area contributed by atoms with Gasteiger partial charge in [0.15, 0.2) is 5.11 Å². The molecule has 3 rings (SSSR count). The normalized spacial score (nSPS) is 16.4. The largest absolute Gasteiger partial charge is 0.332 e. The number of anilines is 2. The minimum atomic E-state index is -0.783. The zero-order valence-corrected chi connectivity index (χ0v) is 16.3. The number of hydrogen-bond donors (Lipinski definition) is 1. The molecule has 2 aromatic rings. The van der Waals surface area contributed by atoms with Crippen molar-refractivity contribution in [3.05, 3.63) is 72.0 Å². The molecule has 1 aliphatic rings. The van der Waals surface area contributed by atoms with Crippen molar-refractivity contribution in [3.63, 3.8) is 0 Å². The third-order valence-electron chi connectivity index (χ3n) is 4.22. The molecule has 1 aliphatic heterocycles. The van der Waals surface area contributed by atoms with E-state index in [4.69, 9.17) is 23.8 Å². The van der Waals surface area contributed by atoms with Crippen molar-refractivity contribution in [3.8, 4) is 0 Å². The summed E-state index contributed by atoms with van der Waals surface area (Å²) in [7, 11) is 0. The zero-order chi connectivity index (χ0) is 20.3. The molecule has 2 aromatic carbocycles. The summed E-state index contributed by atoms with van der Waals surface area (Å²) in [5.41, 5.74) is 0.986. The van der Waals surface area contributed by atoms with E-state index in [9.17, 15) is 14.0 Å². The molecule has 0 bridgehead atoms. The van der Waals surface area contributed by atoms with Crippen LogP contribution in [0.1, 0.15) is 6.42 Å². The first-order valence-electron chi connectivity index (χ1n) is 8.47. The van der Waals surface area contributed by atoms with Gasteiger partial charge in [-0.15, -0.1) is 6.58 Å². The number of carbonyl (C=O) groups is 2. The predicted molar refractivity (Wildman–Crippen MR) is 112 cm³/mol. The number of rotatable bonds is 6. The second-order valence-corrected chi connectivity index (χ2v) is 6.95. The molecule has 5 nitrogen and oxygen atoms in total. The lowest BCUT2D eigenvalue weighted by Gasteiger charge is -2.22. The lowest BCUT2D eigenvalue weighted by molar-refractivity contribution is -0.124. The highest BCUT2D eigenvalue weighted by Gasteiger charge is 2.43. The van der Waals surface area contributed by atoms with E-state index in [1.807, 2.05) is 0 Å². The smallest absolute Gasteiger partial charge is 0.256 e. The highest BCUT2D eigenvalue weighted by atomic mass is 35.5. The van der Waals surface area contributed by atoms with Crippen LogP contribution in [0, 0.1) is 5.82 Å². The fourth-order valence-electron chi connectivity index (χ4n) is 2.96. The highest BCUT2D eigenvalue weighted by Crippen LogP contribution is 2.27. The summed E-state index contributed by atoms with van der Waals surface area (Å²) in [6, 6.07) is 11.4. The summed E-state index contributed by atoms with van der Waals surface area (Å²) in [5.74, 6) is -1.11. The number of benzene rings is 2. The average Bonchev–Trinajstić information content (AvgIpc) is 2.87. The summed E-state index contributed by atoms with van der Waals surface area (Å²) in [4.78, 5) is 28.4. The Labute approximate surface area is 172 Å². The fourth-order valence-corrected chi connectivity index (χ4v) is 3.55.